The molecule has 5 nitrogen and oxygen atoms in total. The Morgan fingerprint density at radius 1 is 1.40 bits per heavy atom. The molecule has 102 valence electrons. The molecule has 1 fully saturated rings. The number of hydrogen-bond donors (Lipinski definition) is 2. The summed E-state index contributed by atoms with van der Waals surface area (Å²) in [7, 11) is 0. The first-order chi connectivity index (χ1) is 9.55. The molecule has 5 heteroatoms. The van der Waals surface area contributed by atoms with Gasteiger partial charge in [0.05, 0.1) is 43.6 Å². The molecule has 1 aliphatic carbocycles. The van der Waals surface area contributed by atoms with Gasteiger partial charge in [-0.05, 0) is 18.6 Å². The summed E-state index contributed by atoms with van der Waals surface area (Å²) in [5.41, 5.74) is -0.554. The van der Waals surface area contributed by atoms with Gasteiger partial charge < -0.3 is 10.3 Å². The molecule has 2 rings (SSSR count). The molecule has 2 unspecified atom stereocenters. The Balaban J connectivity index is 2.54. The van der Waals surface area contributed by atoms with Crippen molar-refractivity contribution >= 4 is 5.71 Å². The Labute approximate surface area is 119 Å². The number of hydrogen-bond acceptors (Lipinski definition) is 4. The first kappa shape index (κ1) is 14.3. The van der Waals surface area contributed by atoms with Crippen LogP contribution in [0.1, 0.15) is 13.8 Å². The number of likely N-dealkylation sites (N-methyl/N-ethyl adjacent to an activating group) is 1. The summed E-state index contributed by atoms with van der Waals surface area (Å²) in [4.78, 5) is 1.39. The minimum absolute atomic E-state index is 0.0387. The molecule has 0 radical (unpaired) electrons. The lowest BCUT2D eigenvalue weighted by molar-refractivity contribution is -0.897. The van der Waals surface area contributed by atoms with Crippen molar-refractivity contribution in [1.82, 2.24) is 0 Å². The van der Waals surface area contributed by atoms with E-state index < -0.39 is 11.3 Å². The van der Waals surface area contributed by atoms with E-state index in [2.05, 4.69) is 13.0 Å². The Morgan fingerprint density at radius 3 is 2.55 bits per heavy atom. The lowest BCUT2D eigenvalue weighted by Gasteiger charge is -2.44. The van der Waals surface area contributed by atoms with Crippen LogP contribution in [0.3, 0.4) is 0 Å². The van der Waals surface area contributed by atoms with Crippen LogP contribution in [0.25, 0.3) is 0 Å². The van der Waals surface area contributed by atoms with E-state index in [-0.39, 0.29) is 17.5 Å². The second-order valence-electron chi connectivity index (χ2n) is 5.62. The van der Waals surface area contributed by atoms with Crippen LogP contribution in [0.4, 0.5) is 0 Å². The first-order valence-corrected chi connectivity index (χ1v) is 6.90. The van der Waals surface area contributed by atoms with Crippen LogP contribution in [0.5, 0.6) is 0 Å². The zero-order valence-corrected chi connectivity index (χ0v) is 11.8. The summed E-state index contributed by atoms with van der Waals surface area (Å²) in [6.45, 7) is 6.64. The highest BCUT2D eigenvalue weighted by Gasteiger charge is 2.56. The van der Waals surface area contributed by atoms with E-state index in [1.54, 1.807) is 0 Å². The predicted molar refractivity (Wildman–Crippen MR) is 72.5 cm³/mol. The molecule has 2 aliphatic rings. The molecule has 0 spiro atoms. The minimum atomic E-state index is -1.46. The van der Waals surface area contributed by atoms with Gasteiger partial charge in [0.25, 0.3) is 0 Å². The van der Waals surface area contributed by atoms with Gasteiger partial charge >= 0.3 is 0 Å². The Hall–Kier alpha value is -2.16. The van der Waals surface area contributed by atoms with E-state index in [1.165, 1.54) is 4.90 Å². The lowest BCUT2D eigenvalue weighted by Crippen LogP contribution is -3.13. The highest BCUT2D eigenvalue weighted by molar-refractivity contribution is 5.99. The average Bonchev–Trinajstić information content (AvgIpc) is 2.49. The molecule has 4 atom stereocenters. The fourth-order valence-electron chi connectivity index (χ4n) is 3.44. The molecule has 20 heavy (non-hydrogen) atoms. The van der Waals surface area contributed by atoms with E-state index in [1.807, 2.05) is 25.1 Å². The molecule has 1 heterocycles. The summed E-state index contributed by atoms with van der Waals surface area (Å²) >= 11 is 0. The maximum absolute atomic E-state index is 9.46. The minimum Gasteiger partial charge on any atom is -0.331 e. The predicted octanol–water partition coefficient (Wildman–Crippen LogP) is 0.290. The molecule has 0 aromatic rings. The van der Waals surface area contributed by atoms with Gasteiger partial charge in [-0.3, -0.25) is 0 Å². The summed E-state index contributed by atoms with van der Waals surface area (Å²) in [6.07, 6.45) is 2.05. The highest BCUT2D eigenvalue weighted by Crippen LogP contribution is 2.46. The number of fused-ring (bicyclic) bond motifs is 1. The van der Waals surface area contributed by atoms with Gasteiger partial charge in [0.2, 0.25) is 0 Å². The topological polar surface area (TPSA) is 99.7 Å². The smallest absolute Gasteiger partial charge is 0.185 e. The van der Waals surface area contributed by atoms with Crippen molar-refractivity contribution in [1.29, 1.82) is 21.2 Å². The molecular formula is C15H18N5+. The van der Waals surface area contributed by atoms with E-state index in [0.717, 1.165) is 25.2 Å². The van der Waals surface area contributed by atoms with Crippen LogP contribution in [-0.2, 0) is 0 Å². The lowest BCUT2D eigenvalue weighted by atomic mass is 9.56. The van der Waals surface area contributed by atoms with E-state index in [4.69, 9.17) is 5.41 Å². The second kappa shape index (κ2) is 5.08. The molecule has 0 amide bonds. The number of rotatable bonds is 1. The van der Waals surface area contributed by atoms with Crippen LogP contribution in [-0.4, -0.2) is 25.3 Å². The van der Waals surface area contributed by atoms with E-state index in [9.17, 15) is 15.8 Å². The summed E-state index contributed by atoms with van der Waals surface area (Å²) in [5.74, 6) is -0.923. The Bertz CT molecular complexity index is 569. The summed E-state index contributed by atoms with van der Waals surface area (Å²) in [5, 5.41) is 36.5. The monoisotopic (exact) mass is 268 g/mol. The summed E-state index contributed by atoms with van der Waals surface area (Å²) in [6, 6.07) is 6.17. The number of nitrogens with one attached hydrogen (secondary N) is 2. The normalized spacial score (nSPS) is 35.0. The van der Waals surface area contributed by atoms with Crippen molar-refractivity contribution in [3.63, 3.8) is 0 Å². The fourth-order valence-corrected chi connectivity index (χ4v) is 3.44. The third kappa shape index (κ3) is 1.73. The van der Waals surface area contributed by atoms with E-state index >= 15 is 0 Å². The standard InChI is InChI=1S/C15H17N5/c1-3-20-5-4-11-12(6-16)14(19)15(8-17,9-18)10(2)13(11)7-20/h4,10,12-13,19H,3,5,7H2,1-2H3/p+1/t10-,12?,13-/m0/s1. The van der Waals surface area contributed by atoms with E-state index in [0.29, 0.717) is 0 Å². The van der Waals surface area contributed by atoms with Crippen molar-refractivity contribution in [3.05, 3.63) is 11.6 Å². The van der Waals surface area contributed by atoms with Gasteiger partial charge in [0.1, 0.15) is 5.92 Å². The van der Waals surface area contributed by atoms with Crippen LogP contribution < -0.4 is 4.90 Å². The number of nitrogens with zero attached hydrogens (tertiary/aromatic N) is 3. The molecular weight excluding hydrogens is 250 g/mol. The third-order valence-electron chi connectivity index (χ3n) is 4.88. The van der Waals surface area contributed by atoms with Crippen molar-refractivity contribution in [2.45, 2.75) is 13.8 Å². The SMILES string of the molecule is CC[NH+]1CC=C2C(C#N)C(=N)C(C#N)(C#N)[C@@H](C)[C@@H]2C1. The molecule has 0 bridgehead atoms. The maximum Gasteiger partial charge on any atom is 0.185 e. The van der Waals surface area contributed by atoms with Gasteiger partial charge in [0, 0.05) is 11.8 Å². The van der Waals surface area contributed by atoms with Crippen molar-refractivity contribution in [3.8, 4) is 18.2 Å². The second-order valence-corrected chi connectivity index (χ2v) is 5.62. The van der Waals surface area contributed by atoms with Crippen LogP contribution in [0.15, 0.2) is 11.6 Å². The molecule has 0 aromatic carbocycles. The maximum atomic E-state index is 9.46. The Kier molecular flexibility index (Phi) is 3.62. The average molecular weight is 268 g/mol. The molecule has 0 saturated heterocycles. The number of nitriles is 3. The Morgan fingerprint density at radius 2 is 2.05 bits per heavy atom. The van der Waals surface area contributed by atoms with Crippen molar-refractivity contribution in [2.75, 3.05) is 19.6 Å². The van der Waals surface area contributed by atoms with Gasteiger partial charge in [-0.1, -0.05) is 6.92 Å². The highest BCUT2D eigenvalue weighted by atomic mass is 15.1. The van der Waals surface area contributed by atoms with Crippen LogP contribution in [0, 0.1) is 62.6 Å². The van der Waals surface area contributed by atoms with Crippen LogP contribution in [0.2, 0.25) is 0 Å². The quantitative estimate of drug-likeness (QED) is 0.668. The zero-order chi connectivity index (χ0) is 14.9. The van der Waals surface area contributed by atoms with Crippen molar-refractivity contribution < 1.29 is 4.90 Å². The first-order valence-electron chi connectivity index (χ1n) is 6.90. The molecule has 1 aliphatic heterocycles. The van der Waals surface area contributed by atoms with Gasteiger partial charge in [-0.25, -0.2) is 0 Å². The van der Waals surface area contributed by atoms with Gasteiger partial charge in [-0.2, -0.15) is 15.8 Å². The third-order valence-corrected chi connectivity index (χ3v) is 4.88. The number of quaternary nitrogens is 1. The molecule has 2 N–H and O–H groups in total. The zero-order valence-electron chi connectivity index (χ0n) is 11.8. The van der Waals surface area contributed by atoms with Crippen LogP contribution >= 0.6 is 0 Å². The van der Waals surface area contributed by atoms with Gasteiger partial charge in [0.15, 0.2) is 5.41 Å². The molecule has 1 saturated carbocycles. The largest absolute Gasteiger partial charge is 0.331 e. The summed E-state index contributed by atoms with van der Waals surface area (Å²) < 4.78 is 0. The molecule has 0 aromatic heterocycles. The van der Waals surface area contributed by atoms with Gasteiger partial charge in [-0.15, -0.1) is 0 Å². The van der Waals surface area contributed by atoms with Crippen molar-refractivity contribution in [2.24, 2.45) is 23.2 Å². The fraction of sp³-hybridized carbons (Fsp3) is 0.600.